The van der Waals surface area contributed by atoms with E-state index in [1.165, 1.54) is 11.3 Å². The molecule has 1 fully saturated rings. The van der Waals surface area contributed by atoms with E-state index < -0.39 is 12.1 Å². The summed E-state index contributed by atoms with van der Waals surface area (Å²) >= 11 is 1.22. The van der Waals surface area contributed by atoms with E-state index >= 15 is 0 Å². The predicted octanol–water partition coefficient (Wildman–Crippen LogP) is 1.28. The molecule has 1 atom stereocenters. The smallest absolute Gasteiger partial charge is 0.309 e. The number of aliphatic carboxylic acids is 1. The maximum atomic E-state index is 11.8. The molecule has 0 aromatic carbocycles. The summed E-state index contributed by atoms with van der Waals surface area (Å²) in [6.07, 6.45) is 2.15. The topological polar surface area (TPSA) is 88.5 Å². The van der Waals surface area contributed by atoms with Gasteiger partial charge < -0.3 is 9.84 Å². The summed E-state index contributed by atoms with van der Waals surface area (Å²) in [5.41, 5.74) is 0.451. The number of anilines is 1. The van der Waals surface area contributed by atoms with Crippen LogP contribution >= 0.6 is 11.3 Å². The first-order valence-electron chi connectivity index (χ1n) is 5.74. The molecule has 1 aromatic rings. The number of nitrogens with zero attached hydrogens (tertiary/aromatic N) is 1. The molecular weight excluding hydrogens is 256 g/mol. The fourth-order valence-corrected chi connectivity index (χ4v) is 2.45. The molecule has 98 valence electrons. The van der Waals surface area contributed by atoms with Crippen LogP contribution in [0, 0.1) is 0 Å². The molecule has 7 heteroatoms. The van der Waals surface area contributed by atoms with E-state index in [1.807, 2.05) is 0 Å². The SMILES string of the molecule is O=C(O)Cc1csc(NC(=O)C2CCCCO2)n1. The molecule has 0 spiro atoms. The summed E-state index contributed by atoms with van der Waals surface area (Å²) < 4.78 is 5.35. The molecule has 1 aromatic heterocycles. The maximum absolute atomic E-state index is 11.8. The molecule has 0 radical (unpaired) electrons. The Balaban J connectivity index is 1.90. The van der Waals surface area contributed by atoms with E-state index in [1.54, 1.807) is 5.38 Å². The standard InChI is InChI=1S/C11H14N2O4S/c14-9(15)5-7-6-18-11(12-7)13-10(16)8-3-1-2-4-17-8/h6,8H,1-5H2,(H,14,15)(H,12,13,16). The van der Waals surface area contributed by atoms with Gasteiger partial charge in [0.15, 0.2) is 5.13 Å². The molecule has 1 amide bonds. The van der Waals surface area contributed by atoms with Gasteiger partial charge in [0.05, 0.1) is 12.1 Å². The first-order valence-corrected chi connectivity index (χ1v) is 6.62. The predicted molar refractivity (Wildman–Crippen MR) is 65.7 cm³/mol. The Hall–Kier alpha value is -1.47. The number of hydrogen-bond donors (Lipinski definition) is 2. The highest BCUT2D eigenvalue weighted by atomic mass is 32.1. The van der Waals surface area contributed by atoms with Gasteiger partial charge in [-0.25, -0.2) is 4.98 Å². The molecule has 2 rings (SSSR count). The van der Waals surface area contributed by atoms with Gasteiger partial charge in [-0.3, -0.25) is 14.9 Å². The first-order chi connectivity index (χ1) is 8.65. The highest BCUT2D eigenvalue weighted by Gasteiger charge is 2.22. The minimum Gasteiger partial charge on any atom is -0.481 e. The lowest BCUT2D eigenvalue weighted by Crippen LogP contribution is -2.33. The zero-order valence-corrected chi connectivity index (χ0v) is 10.5. The van der Waals surface area contributed by atoms with Crippen LogP contribution in [0.2, 0.25) is 0 Å². The fourth-order valence-electron chi connectivity index (χ4n) is 1.73. The molecule has 18 heavy (non-hydrogen) atoms. The zero-order valence-electron chi connectivity index (χ0n) is 9.72. The van der Waals surface area contributed by atoms with Gasteiger partial charge in [-0.05, 0) is 19.3 Å². The van der Waals surface area contributed by atoms with Crippen LogP contribution in [0.25, 0.3) is 0 Å². The number of hydrogen-bond acceptors (Lipinski definition) is 5. The number of rotatable bonds is 4. The van der Waals surface area contributed by atoms with E-state index in [4.69, 9.17) is 9.84 Å². The lowest BCUT2D eigenvalue weighted by atomic mass is 10.1. The quantitative estimate of drug-likeness (QED) is 0.860. The Kier molecular flexibility index (Phi) is 4.27. The molecule has 0 bridgehead atoms. The van der Waals surface area contributed by atoms with Crippen molar-refractivity contribution in [3.8, 4) is 0 Å². The maximum Gasteiger partial charge on any atom is 0.309 e. The van der Waals surface area contributed by atoms with Gasteiger partial charge in [0.1, 0.15) is 6.10 Å². The molecular formula is C11H14N2O4S. The van der Waals surface area contributed by atoms with Crippen molar-refractivity contribution >= 4 is 28.3 Å². The third kappa shape index (κ3) is 3.51. The molecule has 1 saturated heterocycles. The van der Waals surface area contributed by atoms with Gasteiger partial charge in [-0.15, -0.1) is 11.3 Å². The third-order valence-electron chi connectivity index (χ3n) is 2.59. The van der Waals surface area contributed by atoms with Crippen LogP contribution in [0.1, 0.15) is 25.0 Å². The van der Waals surface area contributed by atoms with Gasteiger partial charge in [0.25, 0.3) is 5.91 Å². The molecule has 2 heterocycles. The second kappa shape index (κ2) is 5.92. The number of thiazole rings is 1. The summed E-state index contributed by atoms with van der Waals surface area (Å²) in [4.78, 5) is 26.4. The lowest BCUT2D eigenvalue weighted by molar-refractivity contribution is -0.136. The van der Waals surface area contributed by atoms with Crippen LogP contribution < -0.4 is 5.32 Å². The van der Waals surface area contributed by atoms with Crippen molar-refractivity contribution in [1.29, 1.82) is 0 Å². The minimum absolute atomic E-state index is 0.133. The summed E-state index contributed by atoms with van der Waals surface area (Å²) in [7, 11) is 0. The molecule has 1 unspecified atom stereocenters. The zero-order chi connectivity index (χ0) is 13.0. The highest BCUT2D eigenvalue weighted by molar-refractivity contribution is 7.13. The van der Waals surface area contributed by atoms with Crippen LogP contribution in [0.4, 0.5) is 5.13 Å². The molecule has 0 saturated carbocycles. The van der Waals surface area contributed by atoms with E-state index in [0.29, 0.717) is 17.4 Å². The Morgan fingerprint density at radius 3 is 3.06 bits per heavy atom. The Morgan fingerprint density at radius 2 is 2.39 bits per heavy atom. The van der Waals surface area contributed by atoms with Crippen molar-refractivity contribution in [2.75, 3.05) is 11.9 Å². The molecule has 2 N–H and O–H groups in total. The molecule has 1 aliphatic rings. The van der Waals surface area contributed by atoms with Crippen molar-refractivity contribution in [2.24, 2.45) is 0 Å². The van der Waals surface area contributed by atoms with Crippen LogP contribution in [0.3, 0.4) is 0 Å². The van der Waals surface area contributed by atoms with Crippen molar-refractivity contribution in [1.82, 2.24) is 4.98 Å². The monoisotopic (exact) mass is 270 g/mol. The summed E-state index contributed by atoms with van der Waals surface area (Å²) in [6, 6.07) is 0. The number of carbonyl (C=O) groups is 2. The summed E-state index contributed by atoms with van der Waals surface area (Å²) in [6.45, 7) is 0.611. The minimum atomic E-state index is -0.936. The number of aromatic nitrogens is 1. The van der Waals surface area contributed by atoms with Gasteiger partial charge in [0, 0.05) is 12.0 Å². The van der Waals surface area contributed by atoms with Gasteiger partial charge in [-0.2, -0.15) is 0 Å². The average Bonchev–Trinajstić information content (AvgIpc) is 2.76. The summed E-state index contributed by atoms with van der Waals surface area (Å²) in [5, 5.41) is 13.3. The van der Waals surface area contributed by atoms with Crippen LogP contribution in [0.5, 0.6) is 0 Å². The second-order valence-corrected chi connectivity index (χ2v) is 4.92. The van der Waals surface area contributed by atoms with E-state index in [0.717, 1.165) is 19.3 Å². The van der Waals surface area contributed by atoms with Crippen LogP contribution in [-0.2, 0) is 20.7 Å². The normalized spacial score (nSPS) is 19.4. The Labute approximate surface area is 108 Å². The second-order valence-electron chi connectivity index (χ2n) is 4.06. The van der Waals surface area contributed by atoms with Crippen molar-refractivity contribution in [2.45, 2.75) is 31.8 Å². The average molecular weight is 270 g/mol. The van der Waals surface area contributed by atoms with Crippen molar-refractivity contribution < 1.29 is 19.4 Å². The summed E-state index contributed by atoms with van der Waals surface area (Å²) in [5.74, 6) is -1.14. The van der Waals surface area contributed by atoms with Crippen LogP contribution in [-0.4, -0.2) is 34.7 Å². The number of carbonyl (C=O) groups excluding carboxylic acids is 1. The number of carboxylic acid groups (broad SMARTS) is 1. The number of nitrogens with one attached hydrogen (secondary N) is 1. The lowest BCUT2D eigenvalue weighted by Gasteiger charge is -2.20. The van der Waals surface area contributed by atoms with Crippen molar-refractivity contribution in [3.63, 3.8) is 0 Å². The third-order valence-corrected chi connectivity index (χ3v) is 3.39. The number of ether oxygens (including phenoxy) is 1. The molecule has 6 nitrogen and oxygen atoms in total. The highest BCUT2D eigenvalue weighted by Crippen LogP contribution is 2.19. The van der Waals surface area contributed by atoms with E-state index in [9.17, 15) is 9.59 Å². The molecule has 1 aliphatic heterocycles. The Bertz CT molecular complexity index is 440. The molecule has 0 aliphatic carbocycles. The van der Waals surface area contributed by atoms with Gasteiger partial charge >= 0.3 is 5.97 Å². The fraction of sp³-hybridized carbons (Fsp3) is 0.545. The van der Waals surface area contributed by atoms with E-state index in [-0.39, 0.29) is 12.3 Å². The largest absolute Gasteiger partial charge is 0.481 e. The van der Waals surface area contributed by atoms with Crippen molar-refractivity contribution in [3.05, 3.63) is 11.1 Å². The Morgan fingerprint density at radius 1 is 1.56 bits per heavy atom. The van der Waals surface area contributed by atoms with E-state index in [2.05, 4.69) is 10.3 Å². The van der Waals surface area contributed by atoms with Crippen LogP contribution in [0.15, 0.2) is 5.38 Å². The number of carboxylic acids is 1. The van der Waals surface area contributed by atoms with Gasteiger partial charge in [-0.1, -0.05) is 0 Å². The first kappa shape index (κ1) is 13.0. The van der Waals surface area contributed by atoms with Gasteiger partial charge in [0.2, 0.25) is 0 Å². The number of amides is 1.